The van der Waals surface area contributed by atoms with Gasteiger partial charge < -0.3 is 9.26 Å². The predicted molar refractivity (Wildman–Crippen MR) is 58.8 cm³/mol. The van der Waals surface area contributed by atoms with Crippen molar-refractivity contribution in [3.05, 3.63) is 23.9 Å². The van der Waals surface area contributed by atoms with Gasteiger partial charge in [0.1, 0.15) is 12.9 Å². The van der Waals surface area contributed by atoms with Crippen LogP contribution in [0.15, 0.2) is 10.9 Å². The van der Waals surface area contributed by atoms with Crippen LogP contribution in [0.1, 0.15) is 35.7 Å². The van der Waals surface area contributed by atoms with E-state index in [1.807, 2.05) is 6.92 Å². The van der Waals surface area contributed by atoms with Gasteiger partial charge in [-0.25, -0.2) is 14.5 Å². The lowest BCUT2D eigenvalue weighted by atomic mass is 10.3. The van der Waals surface area contributed by atoms with E-state index in [1.54, 1.807) is 0 Å². The van der Waals surface area contributed by atoms with Crippen LogP contribution in [0.4, 0.5) is 0 Å². The van der Waals surface area contributed by atoms with E-state index in [1.165, 1.54) is 18.1 Å². The standard InChI is InChI=1S/C10H13N5O3/c1-3-4-7-12-8(18-14-7)5-15-6-11-9(13-15)10(16)17-2/h6H,3-5H2,1-2H3. The van der Waals surface area contributed by atoms with E-state index in [9.17, 15) is 4.79 Å². The van der Waals surface area contributed by atoms with Crippen LogP contribution < -0.4 is 0 Å². The summed E-state index contributed by atoms with van der Waals surface area (Å²) in [5.74, 6) is 0.525. The number of aromatic nitrogens is 5. The molecule has 0 radical (unpaired) electrons. The molecule has 18 heavy (non-hydrogen) atoms. The van der Waals surface area contributed by atoms with Crippen molar-refractivity contribution in [2.75, 3.05) is 7.11 Å². The van der Waals surface area contributed by atoms with Crippen LogP contribution in [-0.4, -0.2) is 38.0 Å². The quantitative estimate of drug-likeness (QED) is 0.711. The van der Waals surface area contributed by atoms with Crippen LogP contribution in [0, 0.1) is 0 Å². The van der Waals surface area contributed by atoms with Gasteiger partial charge in [-0.1, -0.05) is 12.1 Å². The summed E-state index contributed by atoms with van der Waals surface area (Å²) in [5.41, 5.74) is 0. The lowest BCUT2D eigenvalue weighted by molar-refractivity contribution is 0.0586. The SMILES string of the molecule is CCCc1noc(Cn2cnc(C(=O)OC)n2)n1. The zero-order valence-electron chi connectivity index (χ0n) is 10.2. The van der Waals surface area contributed by atoms with Crippen molar-refractivity contribution in [1.29, 1.82) is 0 Å². The Hall–Kier alpha value is -2.25. The molecule has 0 saturated carbocycles. The van der Waals surface area contributed by atoms with E-state index < -0.39 is 5.97 Å². The number of nitrogens with zero attached hydrogens (tertiary/aromatic N) is 5. The zero-order chi connectivity index (χ0) is 13.0. The molecule has 2 heterocycles. The summed E-state index contributed by atoms with van der Waals surface area (Å²) in [5, 5.41) is 7.76. The maximum Gasteiger partial charge on any atom is 0.377 e. The first-order chi connectivity index (χ1) is 8.72. The maximum atomic E-state index is 11.2. The number of hydrogen-bond donors (Lipinski definition) is 0. The number of ether oxygens (including phenoxy) is 1. The van der Waals surface area contributed by atoms with Crippen molar-refractivity contribution >= 4 is 5.97 Å². The Kier molecular flexibility index (Phi) is 3.66. The van der Waals surface area contributed by atoms with Crippen molar-refractivity contribution < 1.29 is 14.1 Å². The normalized spacial score (nSPS) is 10.6. The molecule has 2 rings (SSSR count). The second kappa shape index (κ2) is 5.39. The Balaban J connectivity index is 2.04. The van der Waals surface area contributed by atoms with Crippen molar-refractivity contribution in [2.24, 2.45) is 0 Å². The average Bonchev–Trinajstić information content (AvgIpc) is 2.99. The molecule has 0 aliphatic carbocycles. The Bertz CT molecular complexity index is 533. The van der Waals surface area contributed by atoms with Crippen LogP contribution in [0.2, 0.25) is 0 Å². The molecule has 0 N–H and O–H groups in total. The Morgan fingerprint density at radius 1 is 1.56 bits per heavy atom. The lowest BCUT2D eigenvalue weighted by Crippen LogP contribution is -2.06. The van der Waals surface area contributed by atoms with Crippen molar-refractivity contribution in [2.45, 2.75) is 26.3 Å². The number of aryl methyl sites for hydroxylation is 1. The summed E-state index contributed by atoms with van der Waals surface area (Å²) in [7, 11) is 1.28. The minimum Gasteiger partial charge on any atom is -0.463 e. The number of esters is 1. The van der Waals surface area contributed by atoms with Crippen LogP contribution in [-0.2, 0) is 17.7 Å². The van der Waals surface area contributed by atoms with Gasteiger partial charge in [0, 0.05) is 6.42 Å². The van der Waals surface area contributed by atoms with Gasteiger partial charge in [-0.2, -0.15) is 4.98 Å². The minimum atomic E-state index is -0.578. The van der Waals surface area contributed by atoms with E-state index in [0.29, 0.717) is 11.7 Å². The van der Waals surface area contributed by atoms with Gasteiger partial charge in [-0.3, -0.25) is 0 Å². The minimum absolute atomic E-state index is 0.00537. The molecule has 0 aromatic carbocycles. The molecule has 0 fully saturated rings. The molecule has 0 aliphatic rings. The van der Waals surface area contributed by atoms with Crippen LogP contribution in [0.3, 0.4) is 0 Å². The summed E-state index contributed by atoms with van der Waals surface area (Å²) in [6.07, 6.45) is 3.14. The number of hydrogen-bond acceptors (Lipinski definition) is 7. The molecule has 8 heteroatoms. The monoisotopic (exact) mass is 251 g/mol. The molecule has 0 bridgehead atoms. The summed E-state index contributed by atoms with van der Waals surface area (Å²) in [6, 6.07) is 0. The highest BCUT2D eigenvalue weighted by atomic mass is 16.5. The third-order valence-electron chi connectivity index (χ3n) is 2.19. The predicted octanol–water partition coefficient (Wildman–Crippen LogP) is 0.448. The molecule has 8 nitrogen and oxygen atoms in total. The van der Waals surface area contributed by atoms with E-state index in [0.717, 1.165) is 12.8 Å². The summed E-state index contributed by atoms with van der Waals surface area (Å²) in [6.45, 7) is 2.32. The molecule has 96 valence electrons. The first-order valence-corrected chi connectivity index (χ1v) is 5.52. The highest BCUT2D eigenvalue weighted by molar-refractivity contribution is 5.84. The Morgan fingerprint density at radius 2 is 2.39 bits per heavy atom. The largest absolute Gasteiger partial charge is 0.463 e. The first kappa shape index (κ1) is 12.2. The number of rotatable bonds is 5. The smallest absolute Gasteiger partial charge is 0.377 e. The van der Waals surface area contributed by atoms with E-state index >= 15 is 0 Å². The van der Waals surface area contributed by atoms with Gasteiger partial charge >= 0.3 is 5.97 Å². The van der Waals surface area contributed by atoms with Gasteiger partial charge in [0.05, 0.1) is 7.11 Å². The number of carbonyl (C=O) groups excluding carboxylic acids is 1. The van der Waals surface area contributed by atoms with Gasteiger partial charge in [-0.05, 0) is 6.42 Å². The van der Waals surface area contributed by atoms with Gasteiger partial charge in [-0.15, -0.1) is 5.10 Å². The molecule has 0 atom stereocenters. The highest BCUT2D eigenvalue weighted by Crippen LogP contribution is 2.02. The molecule has 2 aromatic rings. The van der Waals surface area contributed by atoms with Gasteiger partial charge in [0.2, 0.25) is 5.89 Å². The van der Waals surface area contributed by atoms with Crippen LogP contribution in [0.25, 0.3) is 0 Å². The molecule has 0 spiro atoms. The van der Waals surface area contributed by atoms with E-state index in [2.05, 4.69) is 25.0 Å². The molecular formula is C10H13N5O3. The second-order valence-electron chi connectivity index (χ2n) is 3.61. The highest BCUT2D eigenvalue weighted by Gasteiger charge is 2.13. The van der Waals surface area contributed by atoms with Gasteiger partial charge in [0.25, 0.3) is 5.82 Å². The summed E-state index contributed by atoms with van der Waals surface area (Å²) in [4.78, 5) is 19.2. The third-order valence-corrected chi connectivity index (χ3v) is 2.19. The molecule has 0 amide bonds. The number of methoxy groups -OCH3 is 1. The van der Waals surface area contributed by atoms with E-state index in [-0.39, 0.29) is 12.4 Å². The zero-order valence-corrected chi connectivity index (χ0v) is 10.2. The molecule has 0 saturated heterocycles. The Labute approximate surface area is 103 Å². The van der Waals surface area contributed by atoms with E-state index in [4.69, 9.17) is 4.52 Å². The van der Waals surface area contributed by atoms with Crippen molar-refractivity contribution in [3.63, 3.8) is 0 Å². The molecule has 0 unspecified atom stereocenters. The van der Waals surface area contributed by atoms with Crippen molar-refractivity contribution in [3.8, 4) is 0 Å². The van der Waals surface area contributed by atoms with Crippen LogP contribution >= 0.6 is 0 Å². The van der Waals surface area contributed by atoms with Crippen LogP contribution in [0.5, 0.6) is 0 Å². The molecule has 2 aromatic heterocycles. The fourth-order valence-corrected chi connectivity index (χ4v) is 1.37. The summed E-state index contributed by atoms with van der Waals surface area (Å²) < 4.78 is 11.0. The third kappa shape index (κ3) is 2.70. The molecular weight excluding hydrogens is 238 g/mol. The molecule has 0 aliphatic heterocycles. The van der Waals surface area contributed by atoms with Gasteiger partial charge in [0.15, 0.2) is 5.82 Å². The Morgan fingerprint density at radius 3 is 3.11 bits per heavy atom. The second-order valence-corrected chi connectivity index (χ2v) is 3.61. The fraction of sp³-hybridized carbons (Fsp3) is 0.500. The maximum absolute atomic E-state index is 11.2. The average molecular weight is 251 g/mol. The number of carbonyl (C=O) groups is 1. The topological polar surface area (TPSA) is 95.9 Å². The van der Waals surface area contributed by atoms with Crippen molar-refractivity contribution in [1.82, 2.24) is 24.9 Å². The lowest BCUT2D eigenvalue weighted by Gasteiger charge is -1.93. The summed E-state index contributed by atoms with van der Waals surface area (Å²) >= 11 is 0. The fourth-order valence-electron chi connectivity index (χ4n) is 1.37. The first-order valence-electron chi connectivity index (χ1n) is 5.52.